The number of nitrogens with zero attached hydrogens (tertiary/aromatic N) is 1. The number of hydrogen-bond donors (Lipinski definition) is 2. The largest absolute Gasteiger partial charge is 0.411 e. The summed E-state index contributed by atoms with van der Waals surface area (Å²) in [6.45, 7) is 3.52. The molecule has 4 heteroatoms. The predicted octanol–water partition coefficient (Wildman–Crippen LogP) is 0.918. The summed E-state index contributed by atoms with van der Waals surface area (Å²) >= 11 is 0. The third-order valence-electron chi connectivity index (χ3n) is 1.89. The second kappa shape index (κ2) is 4.02. The molecular weight excluding hydrogens is 357 g/mol. The molecule has 0 saturated carbocycles. The minimum atomic E-state index is -0.804. The third kappa shape index (κ3) is 2.54. The third-order valence-corrected chi connectivity index (χ3v) is 1.89. The molecule has 0 heterocycles. The first-order valence-electron chi connectivity index (χ1n) is 3.18. The summed E-state index contributed by atoms with van der Waals surface area (Å²) in [5.41, 5.74) is 0.587. The van der Waals surface area contributed by atoms with E-state index in [1.54, 1.807) is 13.0 Å². The summed E-state index contributed by atoms with van der Waals surface area (Å²) in [5, 5.41) is 20.9. The van der Waals surface area contributed by atoms with Crippen molar-refractivity contribution in [2.75, 3.05) is 0 Å². The summed E-state index contributed by atoms with van der Waals surface area (Å²) in [5.74, 6) is 0. The second-order valence-corrected chi connectivity index (χ2v) is 2.87. The number of allylic oxidation sites excluding steroid dienone is 1. The monoisotopic (exact) mass is 368 g/mol. The molecule has 59 valence electrons. The minimum Gasteiger partial charge on any atom is -0.411 e. The van der Waals surface area contributed by atoms with Crippen molar-refractivity contribution in [3.63, 3.8) is 0 Å². The van der Waals surface area contributed by atoms with Crippen LogP contribution in [0.4, 0.5) is 0 Å². The van der Waals surface area contributed by atoms with Crippen LogP contribution in [-0.4, -0.2) is 21.6 Å². The van der Waals surface area contributed by atoms with Gasteiger partial charge in [0.1, 0.15) is 0 Å². The van der Waals surface area contributed by atoms with Gasteiger partial charge in [-0.15, -0.1) is 0 Å². The quantitative estimate of drug-likeness (QED) is 0.494. The van der Waals surface area contributed by atoms with Gasteiger partial charge in [0.05, 0.1) is 11.3 Å². The molecule has 11 heavy (non-hydrogen) atoms. The maximum atomic E-state index is 9.50. The van der Waals surface area contributed by atoms with Crippen molar-refractivity contribution in [3.05, 3.63) is 11.6 Å². The van der Waals surface area contributed by atoms with Gasteiger partial charge in [-0.1, -0.05) is 5.16 Å². The fourth-order valence-electron chi connectivity index (χ4n) is 1.01. The molecule has 1 aliphatic rings. The average molecular weight is 368 g/mol. The van der Waals surface area contributed by atoms with E-state index >= 15 is 0 Å². The second-order valence-electron chi connectivity index (χ2n) is 2.87. The molecule has 0 aromatic rings. The van der Waals surface area contributed by atoms with Crippen molar-refractivity contribution in [2.45, 2.75) is 25.9 Å². The Hall–Kier alpha value is 0.612. The molecule has 0 bridgehead atoms. The number of aliphatic hydroxyl groups is 1. The average Bonchev–Trinajstić information content (AvgIpc) is 2.08. The van der Waals surface area contributed by atoms with Gasteiger partial charge < -0.3 is 10.3 Å². The maximum absolute atomic E-state index is 9.50. The fourth-order valence-corrected chi connectivity index (χ4v) is 1.01. The van der Waals surface area contributed by atoms with Gasteiger partial charge in [-0.25, -0.2) is 0 Å². The van der Waals surface area contributed by atoms with Crippen LogP contribution < -0.4 is 0 Å². The van der Waals surface area contributed by atoms with E-state index in [4.69, 9.17) is 5.21 Å². The standard InChI is InChI=1S/C7H11NO2.Ac/c1-5-3-6(8-10)4-7(5,2)9;/h3,9-10H,4H2,1-2H3;/b8-6+;. The molecule has 0 amide bonds. The van der Waals surface area contributed by atoms with Gasteiger partial charge >= 0.3 is 0 Å². The van der Waals surface area contributed by atoms with Crippen LogP contribution in [0.2, 0.25) is 0 Å². The van der Waals surface area contributed by atoms with Gasteiger partial charge in [-0.2, -0.15) is 0 Å². The molecule has 0 aliphatic heterocycles. The van der Waals surface area contributed by atoms with Gasteiger partial charge in [0.2, 0.25) is 0 Å². The van der Waals surface area contributed by atoms with E-state index in [1.807, 2.05) is 6.92 Å². The Morgan fingerprint density at radius 1 is 1.64 bits per heavy atom. The molecule has 0 spiro atoms. The van der Waals surface area contributed by atoms with Gasteiger partial charge in [-0.3, -0.25) is 0 Å². The summed E-state index contributed by atoms with van der Waals surface area (Å²) < 4.78 is 0. The van der Waals surface area contributed by atoms with Crippen molar-refractivity contribution in [2.24, 2.45) is 5.16 Å². The molecule has 1 unspecified atom stereocenters. The van der Waals surface area contributed by atoms with Crippen LogP contribution in [-0.2, 0) is 0 Å². The zero-order chi connectivity index (χ0) is 7.78. The molecule has 1 radical (unpaired) electrons. The van der Waals surface area contributed by atoms with Crippen LogP contribution in [0.25, 0.3) is 0 Å². The molecule has 0 aromatic carbocycles. The fraction of sp³-hybridized carbons (Fsp3) is 0.571. The SMILES string of the molecule is CC1=C/C(=N\O)CC1(C)O.[Ac]. The Morgan fingerprint density at radius 2 is 2.18 bits per heavy atom. The van der Waals surface area contributed by atoms with Gasteiger partial charge in [0.25, 0.3) is 0 Å². The Morgan fingerprint density at radius 3 is 2.36 bits per heavy atom. The van der Waals surface area contributed by atoms with E-state index in [-0.39, 0.29) is 44.1 Å². The van der Waals surface area contributed by atoms with Crippen molar-refractivity contribution in [1.82, 2.24) is 0 Å². The topological polar surface area (TPSA) is 52.8 Å². The van der Waals surface area contributed by atoms with E-state index in [0.29, 0.717) is 12.1 Å². The first kappa shape index (κ1) is 11.6. The molecule has 2 N–H and O–H groups in total. The van der Waals surface area contributed by atoms with Crippen molar-refractivity contribution < 1.29 is 54.4 Å². The molecule has 1 rings (SSSR count). The molecule has 3 nitrogen and oxygen atoms in total. The van der Waals surface area contributed by atoms with Gasteiger partial charge in [0.15, 0.2) is 0 Å². The van der Waals surface area contributed by atoms with Crippen LogP contribution in [0, 0.1) is 44.1 Å². The minimum absolute atomic E-state index is 0. The Balaban J connectivity index is 0.000001000. The van der Waals surface area contributed by atoms with Crippen LogP contribution in [0.15, 0.2) is 16.8 Å². The van der Waals surface area contributed by atoms with E-state index in [2.05, 4.69) is 5.16 Å². The van der Waals surface area contributed by atoms with E-state index in [1.165, 1.54) is 0 Å². The van der Waals surface area contributed by atoms with Crippen molar-refractivity contribution >= 4 is 5.71 Å². The number of hydrogen-bond acceptors (Lipinski definition) is 3. The predicted molar refractivity (Wildman–Crippen MR) is 38.2 cm³/mol. The van der Waals surface area contributed by atoms with Gasteiger partial charge in [-0.05, 0) is 25.5 Å². The molecule has 0 aromatic heterocycles. The normalized spacial score (nSPS) is 33.4. The molecular formula is C7H11AcNO2. The van der Waals surface area contributed by atoms with Crippen LogP contribution >= 0.6 is 0 Å². The zero-order valence-electron chi connectivity index (χ0n) is 6.70. The first-order chi connectivity index (χ1) is 4.56. The van der Waals surface area contributed by atoms with E-state index in [9.17, 15) is 5.11 Å². The summed E-state index contributed by atoms with van der Waals surface area (Å²) in [6, 6.07) is 0. The molecule has 0 saturated heterocycles. The van der Waals surface area contributed by atoms with Crippen LogP contribution in [0.1, 0.15) is 20.3 Å². The summed E-state index contributed by atoms with van der Waals surface area (Å²) in [7, 11) is 0. The Kier molecular flexibility index (Phi) is 4.25. The number of rotatable bonds is 0. The van der Waals surface area contributed by atoms with Crippen LogP contribution in [0.3, 0.4) is 0 Å². The van der Waals surface area contributed by atoms with E-state index < -0.39 is 5.60 Å². The summed E-state index contributed by atoms with van der Waals surface area (Å²) in [4.78, 5) is 0. The molecule has 1 aliphatic carbocycles. The first-order valence-corrected chi connectivity index (χ1v) is 3.18. The Labute approximate surface area is 102 Å². The maximum Gasteiger partial charge on any atom is 0.0886 e. The molecule has 0 fully saturated rings. The van der Waals surface area contributed by atoms with Crippen LogP contribution in [0.5, 0.6) is 0 Å². The van der Waals surface area contributed by atoms with Crippen molar-refractivity contribution in [1.29, 1.82) is 0 Å². The smallest absolute Gasteiger partial charge is 0.0886 e. The zero-order valence-corrected chi connectivity index (χ0v) is 11.4. The van der Waals surface area contributed by atoms with E-state index in [0.717, 1.165) is 5.57 Å². The Bertz CT molecular complexity index is 208. The van der Waals surface area contributed by atoms with Gasteiger partial charge in [0, 0.05) is 50.5 Å². The summed E-state index contributed by atoms with van der Waals surface area (Å²) in [6.07, 6.45) is 2.11. The molecule has 1 atom stereocenters. The van der Waals surface area contributed by atoms with Crippen molar-refractivity contribution in [3.8, 4) is 0 Å². The number of oxime groups is 1.